The molecule has 0 radical (unpaired) electrons. The molecule has 0 aromatic heterocycles. The first kappa shape index (κ1) is 15.3. The molecule has 3 heteroatoms. The smallest absolute Gasteiger partial charge is 0.124 e. The van der Waals surface area contributed by atoms with E-state index in [1.165, 1.54) is 0 Å². The van der Waals surface area contributed by atoms with Gasteiger partial charge in [0.2, 0.25) is 0 Å². The van der Waals surface area contributed by atoms with E-state index in [0.717, 1.165) is 28.3 Å². The molecule has 0 saturated carbocycles. The molecule has 2 aromatic rings. The Hall–Kier alpha value is -2.13. The van der Waals surface area contributed by atoms with Crippen LogP contribution < -0.4 is 10.1 Å². The predicted molar refractivity (Wildman–Crippen MR) is 91.8 cm³/mol. The van der Waals surface area contributed by atoms with Gasteiger partial charge in [-0.3, -0.25) is 0 Å². The van der Waals surface area contributed by atoms with Crippen molar-refractivity contribution >= 4 is 17.2 Å². The second-order valence-corrected chi connectivity index (χ2v) is 5.07. The minimum Gasteiger partial charge on any atom is -0.496 e. The maximum absolute atomic E-state index is 5.50. The van der Waals surface area contributed by atoms with Crippen molar-refractivity contribution in [1.29, 1.82) is 0 Å². The number of thiocarbonyl (C=S) groups is 1. The van der Waals surface area contributed by atoms with E-state index >= 15 is 0 Å². The number of para-hydroxylation sites is 1. The molecule has 0 saturated heterocycles. The molecule has 0 spiro atoms. The van der Waals surface area contributed by atoms with Crippen molar-refractivity contribution in [2.75, 3.05) is 7.11 Å². The van der Waals surface area contributed by atoms with E-state index in [2.05, 4.69) is 11.9 Å². The van der Waals surface area contributed by atoms with Gasteiger partial charge in [0, 0.05) is 11.1 Å². The Bertz CT molecular complexity index is 610. The van der Waals surface area contributed by atoms with Crippen LogP contribution in [-0.2, 0) is 0 Å². The molecule has 0 heterocycles. The monoisotopic (exact) mass is 297 g/mol. The Balaban J connectivity index is 2.23. The third-order valence-electron chi connectivity index (χ3n) is 3.26. The summed E-state index contributed by atoms with van der Waals surface area (Å²) in [5.74, 6) is 0.854. The normalized spacial score (nSPS) is 11.5. The van der Waals surface area contributed by atoms with Gasteiger partial charge >= 0.3 is 0 Å². The lowest BCUT2D eigenvalue weighted by Gasteiger charge is -2.21. The highest BCUT2D eigenvalue weighted by atomic mass is 32.1. The van der Waals surface area contributed by atoms with Gasteiger partial charge in [0.15, 0.2) is 0 Å². The number of benzene rings is 2. The molecule has 21 heavy (non-hydrogen) atoms. The Morgan fingerprint density at radius 3 is 2.52 bits per heavy atom. The van der Waals surface area contributed by atoms with Gasteiger partial charge in [-0.1, -0.05) is 66.8 Å². The third kappa shape index (κ3) is 3.92. The molecule has 2 nitrogen and oxygen atoms in total. The van der Waals surface area contributed by atoms with E-state index in [4.69, 9.17) is 17.0 Å². The van der Waals surface area contributed by atoms with Gasteiger partial charge in [0.25, 0.3) is 0 Å². The number of methoxy groups -OCH3 is 1. The second kappa shape index (κ2) is 7.60. The molecule has 2 aromatic carbocycles. The summed E-state index contributed by atoms with van der Waals surface area (Å²) in [6, 6.07) is 18.0. The lowest BCUT2D eigenvalue weighted by molar-refractivity contribution is 0.404. The van der Waals surface area contributed by atoms with E-state index in [0.29, 0.717) is 0 Å². The van der Waals surface area contributed by atoms with Crippen LogP contribution in [0, 0.1) is 0 Å². The van der Waals surface area contributed by atoms with Gasteiger partial charge in [-0.05, 0) is 12.5 Å². The Morgan fingerprint density at radius 2 is 1.86 bits per heavy atom. The van der Waals surface area contributed by atoms with Crippen molar-refractivity contribution in [1.82, 2.24) is 5.32 Å². The standard InChI is InChI=1S/C18H19NOS/c1-3-9-16(15-12-7-8-13-17(15)20-2)19-18(21)14-10-5-4-6-11-14/h3-8,10-13,16H,1,9H2,2H3,(H,19,21). The molecule has 0 aliphatic heterocycles. The van der Waals surface area contributed by atoms with E-state index < -0.39 is 0 Å². The topological polar surface area (TPSA) is 21.3 Å². The van der Waals surface area contributed by atoms with Gasteiger partial charge in [-0.15, -0.1) is 6.58 Å². The Kier molecular flexibility index (Phi) is 5.52. The summed E-state index contributed by atoms with van der Waals surface area (Å²) in [5, 5.41) is 3.41. The molecule has 0 aliphatic rings. The highest BCUT2D eigenvalue weighted by Crippen LogP contribution is 2.27. The molecular formula is C18H19NOS. The van der Waals surface area contributed by atoms with E-state index in [1.54, 1.807) is 7.11 Å². The third-order valence-corrected chi connectivity index (χ3v) is 3.61. The molecule has 1 unspecified atom stereocenters. The van der Waals surface area contributed by atoms with Crippen LogP contribution in [0.5, 0.6) is 5.75 Å². The summed E-state index contributed by atoms with van der Waals surface area (Å²) in [5.41, 5.74) is 2.09. The SMILES string of the molecule is C=CCC(NC(=S)c1ccccc1)c1ccccc1OC. The number of nitrogens with one attached hydrogen (secondary N) is 1. The number of hydrogen-bond acceptors (Lipinski definition) is 2. The summed E-state index contributed by atoms with van der Waals surface area (Å²) in [6.45, 7) is 3.84. The molecule has 108 valence electrons. The zero-order valence-electron chi connectivity index (χ0n) is 12.1. The lowest BCUT2D eigenvalue weighted by atomic mass is 10.0. The summed E-state index contributed by atoms with van der Waals surface area (Å²) in [4.78, 5) is 0.730. The number of ether oxygens (including phenoxy) is 1. The zero-order valence-corrected chi connectivity index (χ0v) is 12.9. The fourth-order valence-electron chi connectivity index (χ4n) is 2.22. The first-order valence-electron chi connectivity index (χ1n) is 6.86. The first-order valence-corrected chi connectivity index (χ1v) is 7.26. The summed E-state index contributed by atoms with van der Waals surface area (Å²) in [6.07, 6.45) is 2.66. The highest BCUT2D eigenvalue weighted by Gasteiger charge is 2.16. The van der Waals surface area contributed by atoms with Crippen LogP contribution in [0.3, 0.4) is 0 Å². The van der Waals surface area contributed by atoms with Crippen LogP contribution in [0.4, 0.5) is 0 Å². The minimum atomic E-state index is 0.0476. The van der Waals surface area contributed by atoms with Gasteiger partial charge in [-0.25, -0.2) is 0 Å². The Labute approximate surface area is 131 Å². The van der Waals surface area contributed by atoms with Gasteiger partial charge in [0.05, 0.1) is 13.2 Å². The highest BCUT2D eigenvalue weighted by molar-refractivity contribution is 7.80. The summed E-state index contributed by atoms with van der Waals surface area (Å²) >= 11 is 5.50. The Morgan fingerprint density at radius 1 is 1.19 bits per heavy atom. The van der Waals surface area contributed by atoms with Crippen LogP contribution >= 0.6 is 12.2 Å². The summed E-state index contributed by atoms with van der Waals surface area (Å²) in [7, 11) is 1.68. The van der Waals surface area contributed by atoms with Crippen molar-refractivity contribution in [2.45, 2.75) is 12.5 Å². The fraction of sp³-hybridized carbons (Fsp3) is 0.167. The van der Waals surface area contributed by atoms with Crippen molar-refractivity contribution in [2.24, 2.45) is 0 Å². The van der Waals surface area contributed by atoms with Crippen LogP contribution in [0.1, 0.15) is 23.6 Å². The molecular weight excluding hydrogens is 278 g/mol. The molecule has 0 fully saturated rings. The minimum absolute atomic E-state index is 0.0476. The molecule has 0 aliphatic carbocycles. The zero-order chi connectivity index (χ0) is 15.1. The van der Waals surface area contributed by atoms with Crippen LogP contribution in [0.2, 0.25) is 0 Å². The fourth-order valence-corrected chi connectivity index (χ4v) is 2.49. The average molecular weight is 297 g/mol. The van der Waals surface area contributed by atoms with E-state index in [-0.39, 0.29) is 6.04 Å². The van der Waals surface area contributed by atoms with Crippen molar-refractivity contribution in [3.63, 3.8) is 0 Å². The van der Waals surface area contributed by atoms with Crippen LogP contribution in [0.15, 0.2) is 67.3 Å². The van der Waals surface area contributed by atoms with Crippen molar-refractivity contribution in [3.8, 4) is 5.75 Å². The van der Waals surface area contributed by atoms with Crippen LogP contribution in [0.25, 0.3) is 0 Å². The molecule has 1 atom stereocenters. The van der Waals surface area contributed by atoms with Gasteiger partial charge in [0.1, 0.15) is 10.7 Å². The predicted octanol–water partition coefficient (Wildman–Crippen LogP) is 4.28. The van der Waals surface area contributed by atoms with Crippen molar-refractivity contribution < 1.29 is 4.74 Å². The van der Waals surface area contributed by atoms with Crippen molar-refractivity contribution in [3.05, 3.63) is 78.4 Å². The second-order valence-electron chi connectivity index (χ2n) is 4.66. The molecule has 1 N–H and O–H groups in total. The molecule has 0 amide bonds. The maximum Gasteiger partial charge on any atom is 0.124 e. The molecule has 0 bridgehead atoms. The largest absolute Gasteiger partial charge is 0.496 e. The van der Waals surface area contributed by atoms with Gasteiger partial charge in [-0.2, -0.15) is 0 Å². The van der Waals surface area contributed by atoms with E-state index in [9.17, 15) is 0 Å². The quantitative estimate of drug-likeness (QED) is 0.635. The number of rotatable bonds is 6. The number of hydrogen-bond donors (Lipinski definition) is 1. The maximum atomic E-state index is 5.50. The summed E-state index contributed by atoms with van der Waals surface area (Å²) < 4.78 is 5.44. The van der Waals surface area contributed by atoms with Crippen LogP contribution in [-0.4, -0.2) is 12.1 Å². The first-order chi connectivity index (χ1) is 10.3. The van der Waals surface area contributed by atoms with Gasteiger partial charge < -0.3 is 10.1 Å². The van der Waals surface area contributed by atoms with E-state index in [1.807, 2.05) is 60.7 Å². The average Bonchev–Trinajstić information content (AvgIpc) is 2.55. The molecule has 2 rings (SSSR count). The lowest BCUT2D eigenvalue weighted by Crippen LogP contribution is -2.27.